The third-order valence-electron chi connectivity index (χ3n) is 3.69. The molecule has 4 heteroatoms. The molecule has 0 amide bonds. The number of hydrogen-bond donors (Lipinski definition) is 0. The van der Waals surface area contributed by atoms with Gasteiger partial charge in [-0.1, -0.05) is 0 Å². The van der Waals surface area contributed by atoms with Crippen molar-refractivity contribution in [2.75, 3.05) is 31.1 Å². The Balaban J connectivity index is 2.07. The Hall–Kier alpha value is -0.800. The number of piperazine rings is 1. The van der Waals surface area contributed by atoms with Gasteiger partial charge in [-0.15, -0.1) is 11.6 Å². The molecule has 0 unspecified atom stereocenters. The molecule has 0 aromatic heterocycles. The number of anilines is 1. The van der Waals surface area contributed by atoms with Crippen molar-refractivity contribution < 1.29 is 4.39 Å². The second kappa shape index (κ2) is 5.68. The van der Waals surface area contributed by atoms with Crippen molar-refractivity contribution in [3.8, 4) is 0 Å². The number of hydrogen-bond acceptors (Lipinski definition) is 2. The predicted octanol–water partition coefficient (Wildman–Crippen LogP) is 3.49. The van der Waals surface area contributed by atoms with Gasteiger partial charge in [-0.3, -0.25) is 4.90 Å². The Kier molecular flexibility index (Phi) is 4.36. The van der Waals surface area contributed by atoms with E-state index in [0.29, 0.717) is 5.88 Å². The van der Waals surface area contributed by atoms with Crippen LogP contribution in [0.1, 0.15) is 26.3 Å². The van der Waals surface area contributed by atoms with Crippen LogP contribution >= 0.6 is 11.6 Å². The highest BCUT2D eigenvalue weighted by Gasteiger charge is 2.26. The van der Waals surface area contributed by atoms with Gasteiger partial charge in [0.2, 0.25) is 0 Å². The van der Waals surface area contributed by atoms with Crippen molar-refractivity contribution in [3.05, 3.63) is 29.6 Å². The predicted molar refractivity (Wildman–Crippen MR) is 79.5 cm³/mol. The van der Waals surface area contributed by atoms with Crippen LogP contribution in [0.5, 0.6) is 0 Å². The summed E-state index contributed by atoms with van der Waals surface area (Å²) in [4.78, 5) is 4.70. The second-order valence-corrected chi connectivity index (χ2v) is 6.36. The van der Waals surface area contributed by atoms with Crippen molar-refractivity contribution in [2.45, 2.75) is 32.2 Å². The molecule has 0 radical (unpaired) electrons. The van der Waals surface area contributed by atoms with Crippen LogP contribution in [0.3, 0.4) is 0 Å². The quantitative estimate of drug-likeness (QED) is 0.767. The topological polar surface area (TPSA) is 6.48 Å². The van der Waals surface area contributed by atoms with Crippen molar-refractivity contribution in [1.82, 2.24) is 4.90 Å². The molecule has 1 aliphatic heterocycles. The smallest absolute Gasteiger partial charge is 0.125 e. The van der Waals surface area contributed by atoms with Crippen LogP contribution in [0.2, 0.25) is 0 Å². The third kappa shape index (κ3) is 3.61. The van der Waals surface area contributed by atoms with Gasteiger partial charge >= 0.3 is 0 Å². The summed E-state index contributed by atoms with van der Waals surface area (Å²) in [7, 11) is 0. The molecular weight excluding hydrogens is 263 g/mol. The fourth-order valence-electron chi connectivity index (χ4n) is 2.53. The Morgan fingerprint density at radius 3 is 2.26 bits per heavy atom. The molecule has 106 valence electrons. The van der Waals surface area contributed by atoms with E-state index in [4.69, 9.17) is 11.6 Å². The molecule has 0 aliphatic carbocycles. The van der Waals surface area contributed by atoms with Crippen LogP contribution in [0, 0.1) is 5.82 Å². The lowest BCUT2D eigenvalue weighted by atomic mass is 10.0. The summed E-state index contributed by atoms with van der Waals surface area (Å²) >= 11 is 5.80. The molecule has 0 saturated carbocycles. The standard InChI is InChI=1S/C15H22ClFN2/c1-15(2,3)19-6-4-18(5-7-19)14-9-12(11-16)8-13(17)10-14/h8-10H,4-7,11H2,1-3H3. The van der Waals surface area contributed by atoms with Gasteiger partial charge in [0.1, 0.15) is 5.82 Å². The molecule has 2 nitrogen and oxygen atoms in total. The molecule has 1 saturated heterocycles. The lowest BCUT2D eigenvalue weighted by Gasteiger charge is -2.43. The average molecular weight is 285 g/mol. The largest absolute Gasteiger partial charge is 0.369 e. The minimum Gasteiger partial charge on any atom is -0.369 e. The molecular formula is C15H22ClFN2. The maximum absolute atomic E-state index is 13.5. The number of nitrogens with zero attached hydrogens (tertiary/aromatic N) is 2. The van der Waals surface area contributed by atoms with E-state index in [1.807, 2.05) is 6.07 Å². The Morgan fingerprint density at radius 1 is 1.11 bits per heavy atom. The zero-order valence-corrected chi connectivity index (χ0v) is 12.7. The molecule has 2 rings (SSSR count). The summed E-state index contributed by atoms with van der Waals surface area (Å²) in [6.07, 6.45) is 0. The monoisotopic (exact) mass is 284 g/mol. The number of halogens is 2. The van der Waals surface area contributed by atoms with Gasteiger partial charge < -0.3 is 4.90 Å². The van der Waals surface area contributed by atoms with Gasteiger partial charge in [-0.05, 0) is 44.5 Å². The lowest BCUT2D eigenvalue weighted by molar-refractivity contribution is 0.128. The number of rotatable bonds is 2. The first kappa shape index (κ1) is 14.6. The van der Waals surface area contributed by atoms with Crippen molar-refractivity contribution in [3.63, 3.8) is 0 Å². The van der Waals surface area contributed by atoms with E-state index >= 15 is 0 Å². The van der Waals surface area contributed by atoms with E-state index in [1.165, 1.54) is 6.07 Å². The first-order chi connectivity index (χ1) is 8.90. The molecule has 1 heterocycles. The summed E-state index contributed by atoms with van der Waals surface area (Å²) in [5.74, 6) is 0.151. The summed E-state index contributed by atoms with van der Waals surface area (Å²) in [6.45, 7) is 10.6. The van der Waals surface area contributed by atoms with Crippen molar-refractivity contribution in [2.24, 2.45) is 0 Å². The van der Waals surface area contributed by atoms with Crippen LogP contribution in [0.25, 0.3) is 0 Å². The molecule has 1 aliphatic rings. The fraction of sp³-hybridized carbons (Fsp3) is 0.600. The fourth-order valence-corrected chi connectivity index (χ4v) is 2.68. The molecule has 19 heavy (non-hydrogen) atoms. The zero-order chi connectivity index (χ0) is 14.0. The molecule has 0 atom stereocenters. The van der Waals surface area contributed by atoms with E-state index in [1.54, 1.807) is 6.07 Å². The maximum atomic E-state index is 13.5. The van der Waals surface area contributed by atoms with Gasteiger partial charge in [0, 0.05) is 43.3 Å². The van der Waals surface area contributed by atoms with Crippen LogP contribution < -0.4 is 4.90 Å². The minimum atomic E-state index is -0.202. The first-order valence-corrected chi connectivity index (χ1v) is 7.29. The summed E-state index contributed by atoms with van der Waals surface area (Å²) in [6, 6.07) is 5.09. The van der Waals surface area contributed by atoms with Gasteiger partial charge in [-0.25, -0.2) is 4.39 Å². The molecule has 0 spiro atoms. The summed E-state index contributed by atoms with van der Waals surface area (Å²) in [5.41, 5.74) is 1.99. The molecule has 1 aromatic carbocycles. The SMILES string of the molecule is CC(C)(C)N1CCN(c2cc(F)cc(CCl)c2)CC1. The van der Waals surface area contributed by atoms with E-state index in [9.17, 15) is 4.39 Å². The highest BCUT2D eigenvalue weighted by atomic mass is 35.5. The minimum absolute atomic E-state index is 0.202. The van der Waals surface area contributed by atoms with E-state index in [0.717, 1.165) is 37.4 Å². The first-order valence-electron chi connectivity index (χ1n) is 6.75. The maximum Gasteiger partial charge on any atom is 0.125 e. The number of benzene rings is 1. The molecule has 1 fully saturated rings. The normalized spacial score (nSPS) is 17.8. The third-order valence-corrected chi connectivity index (χ3v) is 4.00. The van der Waals surface area contributed by atoms with E-state index < -0.39 is 0 Å². The highest BCUT2D eigenvalue weighted by molar-refractivity contribution is 6.17. The lowest BCUT2D eigenvalue weighted by Crippen LogP contribution is -2.53. The number of alkyl halides is 1. The van der Waals surface area contributed by atoms with Gasteiger partial charge in [0.25, 0.3) is 0 Å². The summed E-state index contributed by atoms with van der Waals surface area (Å²) in [5, 5.41) is 0. The van der Waals surface area contributed by atoms with Crippen LogP contribution in [0.15, 0.2) is 18.2 Å². The van der Waals surface area contributed by atoms with E-state index in [-0.39, 0.29) is 11.4 Å². The zero-order valence-electron chi connectivity index (χ0n) is 11.9. The highest BCUT2D eigenvalue weighted by Crippen LogP contribution is 2.23. The average Bonchev–Trinajstić information content (AvgIpc) is 2.37. The molecule has 0 N–H and O–H groups in total. The van der Waals surface area contributed by atoms with Crippen molar-refractivity contribution >= 4 is 17.3 Å². The van der Waals surface area contributed by atoms with Gasteiger partial charge in [0.15, 0.2) is 0 Å². The molecule has 0 bridgehead atoms. The molecule has 1 aromatic rings. The Bertz CT molecular complexity index is 434. The Labute approximate surface area is 120 Å². The van der Waals surface area contributed by atoms with Gasteiger partial charge in [-0.2, -0.15) is 0 Å². The van der Waals surface area contributed by atoms with E-state index in [2.05, 4.69) is 30.6 Å². The summed E-state index contributed by atoms with van der Waals surface area (Å²) < 4.78 is 13.5. The van der Waals surface area contributed by atoms with Crippen LogP contribution in [-0.2, 0) is 5.88 Å². The van der Waals surface area contributed by atoms with Crippen molar-refractivity contribution in [1.29, 1.82) is 0 Å². The second-order valence-electron chi connectivity index (χ2n) is 6.10. The van der Waals surface area contributed by atoms with Crippen LogP contribution in [-0.4, -0.2) is 36.6 Å². The Morgan fingerprint density at radius 2 is 1.74 bits per heavy atom. The van der Waals surface area contributed by atoms with Gasteiger partial charge in [0.05, 0.1) is 0 Å². The van der Waals surface area contributed by atoms with Crippen LogP contribution in [0.4, 0.5) is 10.1 Å².